The van der Waals surface area contributed by atoms with Crippen LogP contribution in [0.3, 0.4) is 0 Å². The predicted molar refractivity (Wildman–Crippen MR) is 80.5 cm³/mol. The van der Waals surface area contributed by atoms with E-state index < -0.39 is 0 Å². The van der Waals surface area contributed by atoms with Crippen LogP contribution in [0.4, 0.5) is 5.69 Å². The molecule has 1 aliphatic rings. The van der Waals surface area contributed by atoms with Crippen LogP contribution in [-0.2, 0) is 6.42 Å². The van der Waals surface area contributed by atoms with Gasteiger partial charge in [0.25, 0.3) is 0 Å². The molecule has 1 aromatic carbocycles. The summed E-state index contributed by atoms with van der Waals surface area (Å²) in [6.45, 7) is 0. The van der Waals surface area contributed by atoms with Gasteiger partial charge in [-0.3, -0.25) is 0 Å². The van der Waals surface area contributed by atoms with Gasteiger partial charge < -0.3 is 5.32 Å². The molecule has 2 aromatic rings. The molecule has 1 nitrogen and oxygen atoms in total. The summed E-state index contributed by atoms with van der Waals surface area (Å²) < 4.78 is 0.851. The Hall–Kier alpha value is -0.410. The maximum Gasteiger partial charge on any atom is 0.0934 e. The second-order valence-corrected chi connectivity index (χ2v) is 6.82. The maximum atomic E-state index is 6.19. The third kappa shape index (κ3) is 2.23. The molecule has 0 radical (unpaired) electrons. The van der Waals surface area contributed by atoms with Crippen molar-refractivity contribution in [2.75, 3.05) is 5.32 Å². The van der Waals surface area contributed by atoms with E-state index in [1.807, 2.05) is 18.2 Å². The minimum Gasteiger partial charge on any atom is -0.377 e. The first-order chi connectivity index (χ1) is 8.65. The molecule has 1 aliphatic carbocycles. The summed E-state index contributed by atoms with van der Waals surface area (Å²) in [5.74, 6) is 0. The van der Waals surface area contributed by atoms with E-state index in [0.717, 1.165) is 22.9 Å². The van der Waals surface area contributed by atoms with E-state index >= 15 is 0 Å². The summed E-state index contributed by atoms with van der Waals surface area (Å²) in [6, 6.07) is 7.95. The summed E-state index contributed by atoms with van der Waals surface area (Å²) in [7, 11) is 0. The van der Waals surface area contributed by atoms with Crippen molar-refractivity contribution in [3.63, 3.8) is 0 Å². The molecule has 0 spiro atoms. The number of benzene rings is 1. The van der Waals surface area contributed by atoms with Gasteiger partial charge in [0.15, 0.2) is 0 Å². The minimum absolute atomic E-state index is 0.278. The molecule has 3 rings (SSSR count). The number of anilines is 1. The van der Waals surface area contributed by atoms with Crippen LogP contribution in [-0.4, -0.2) is 0 Å². The lowest BCUT2D eigenvalue weighted by atomic mass is 10.1. The first kappa shape index (κ1) is 12.6. The molecule has 1 N–H and O–H groups in total. The van der Waals surface area contributed by atoms with Crippen LogP contribution in [0.15, 0.2) is 24.3 Å². The molecular formula is C13H10Cl3NS. The van der Waals surface area contributed by atoms with Gasteiger partial charge in [0, 0.05) is 4.88 Å². The van der Waals surface area contributed by atoms with Crippen molar-refractivity contribution >= 4 is 51.8 Å². The topological polar surface area (TPSA) is 12.0 Å². The van der Waals surface area contributed by atoms with Gasteiger partial charge >= 0.3 is 0 Å². The fourth-order valence-corrected chi connectivity index (χ4v) is 4.00. The van der Waals surface area contributed by atoms with Gasteiger partial charge in [-0.15, -0.1) is 11.3 Å². The minimum atomic E-state index is 0.278. The van der Waals surface area contributed by atoms with Crippen molar-refractivity contribution in [1.29, 1.82) is 0 Å². The molecule has 1 heterocycles. The Morgan fingerprint density at radius 1 is 1.22 bits per heavy atom. The number of aryl methyl sites for hydroxylation is 1. The Balaban J connectivity index is 1.88. The van der Waals surface area contributed by atoms with Gasteiger partial charge in [0.2, 0.25) is 0 Å². The lowest BCUT2D eigenvalue weighted by Gasteiger charge is -2.16. The average molecular weight is 319 g/mol. The molecule has 0 amide bonds. The van der Waals surface area contributed by atoms with E-state index in [0.29, 0.717) is 10.0 Å². The SMILES string of the molecule is Clc1cc2c(s1)CCC2Nc1cccc(Cl)c1Cl. The lowest BCUT2D eigenvalue weighted by Crippen LogP contribution is -2.06. The first-order valence-electron chi connectivity index (χ1n) is 5.64. The monoisotopic (exact) mass is 317 g/mol. The highest BCUT2D eigenvalue weighted by molar-refractivity contribution is 7.16. The fraction of sp³-hybridized carbons (Fsp3) is 0.231. The Kier molecular flexibility index (Phi) is 3.46. The average Bonchev–Trinajstić information content (AvgIpc) is 2.86. The highest BCUT2D eigenvalue weighted by atomic mass is 35.5. The maximum absolute atomic E-state index is 6.19. The van der Waals surface area contributed by atoms with E-state index in [1.54, 1.807) is 17.4 Å². The quantitative estimate of drug-likeness (QED) is 0.737. The number of fused-ring (bicyclic) bond motifs is 1. The van der Waals surface area contributed by atoms with Crippen LogP contribution in [0.5, 0.6) is 0 Å². The van der Waals surface area contributed by atoms with Crippen molar-refractivity contribution in [2.24, 2.45) is 0 Å². The van der Waals surface area contributed by atoms with Crippen LogP contribution >= 0.6 is 46.1 Å². The highest BCUT2D eigenvalue weighted by Crippen LogP contribution is 2.42. The summed E-state index contributed by atoms with van der Waals surface area (Å²) in [5, 5.41) is 4.60. The fourth-order valence-electron chi connectivity index (χ4n) is 2.28. The van der Waals surface area contributed by atoms with Crippen molar-refractivity contribution in [2.45, 2.75) is 18.9 Å². The van der Waals surface area contributed by atoms with Gasteiger partial charge in [0.05, 0.1) is 26.1 Å². The van der Waals surface area contributed by atoms with Gasteiger partial charge in [-0.2, -0.15) is 0 Å². The Morgan fingerprint density at radius 3 is 2.89 bits per heavy atom. The Bertz CT molecular complexity index is 594. The van der Waals surface area contributed by atoms with Crippen molar-refractivity contribution in [3.8, 4) is 0 Å². The first-order valence-corrected chi connectivity index (χ1v) is 7.59. The zero-order chi connectivity index (χ0) is 12.7. The number of hydrogen-bond acceptors (Lipinski definition) is 2. The van der Waals surface area contributed by atoms with Crippen molar-refractivity contribution in [1.82, 2.24) is 0 Å². The number of nitrogens with one attached hydrogen (secondary N) is 1. The molecule has 0 fully saturated rings. The van der Waals surface area contributed by atoms with E-state index in [1.165, 1.54) is 10.4 Å². The smallest absolute Gasteiger partial charge is 0.0934 e. The van der Waals surface area contributed by atoms with Crippen LogP contribution in [0.25, 0.3) is 0 Å². The van der Waals surface area contributed by atoms with Gasteiger partial charge in [-0.25, -0.2) is 0 Å². The number of rotatable bonds is 2. The van der Waals surface area contributed by atoms with Gasteiger partial charge in [-0.1, -0.05) is 40.9 Å². The Morgan fingerprint density at radius 2 is 2.06 bits per heavy atom. The van der Waals surface area contributed by atoms with Crippen LogP contribution in [0, 0.1) is 0 Å². The highest BCUT2D eigenvalue weighted by Gasteiger charge is 2.25. The van der Waals surface area contributed by atoms with E-state index in [-0.39, 0.29) is 6.04 Å². The second-order valence-electron chi connectivity index (χ2n) is 4.27. The summed E-state index contributed by atoms with van der Waals surface area (Å²) in [5.41, 5.74) is 2.17. The number of halogens is 3. The molecule has 1 unspecified atom stereocenters. The number of thiophene rings is 1. The van der Waals surface area contributed by atoms with Crippen LogP contribution < -0.4 is 5.32 Å². The van der Waals surface area contributed by atoms with Crippen molar-refractivity contribution in [3.05, 3.63) is 49.1 Å². The molecule has 94 valence electrons. The standard InChI is InChI=1S/C13H10Cl3NS/c14-8-2-1-3-10(13(8)16)17-9-4-5-11-7(9)6-12(15)18-11/h1-3,6,9,17H,4-5H2. The molecule has 1 aromatic heterocycles. The molecule has 0 saturated heterocycles. The second kappa shape index (κ2) is 4.93. The van der Waals surface area contributed by atoms with Crippen LogP contribution in [0.2, 0.25) is 14.4 Å². The van der Waals surface area contributed by atoms with Gasteiger partial charge in [0.1, 0.15) is 0 Å². The summed E-state index contributed by atoms with van der Waals surface area (Å²) in [4.78, 5) is 1.37. The molecular weight excluding hydrogens is 309 g/mol. The number of hydrogen-bond donors (Lipinski definition) is 1. The van der Waals surface area contributed by atoms with Crippen LogP contribution in [0.1, 0.15) is 22.9 Å². The Labute approximate surface area is 125 Å². The molecule has 18 heavy (non-hydrogen) atoms. The van der Waals surface area contributed by atoms with Gasteiger partial charge in [-0.05, 0) is 36.6 Å². The van der Waals surface area contributed by atoms with E-state index in [2.05, 4.69) is 5.32 Å². The largest absolute Gasteiger partial charge is 0.377 e. The zero-order valence-electron chi connectivity index (χ0n) is 9.34. The van der Waals surface area contributed by atoms with E-state index in [9.17, 15) is 0 Å². The molecule has 0 saturated carbocycles. The third-order valence-electron chi connectivity index (χ3n) is 3.13. The normalized spacial score (nSPS) is 17.8. The summed E-state index contributed by atoms with van der Waals surface area (Å²) >= 11 is 19.9. The lowest BCUT2D eigenvalue weighted by molar-refractivity contribution is 0.762. The van der Waals surface area contributed by atoms with Crippen molar-refractivity contribution < 1.29 is 0 Å². The third-order valence-corrected chi connectivity index (χ3v) is 5.29. The molecule has 1 atom stereocenters. The zero-order valence-corrected chi connectivity index (χ0v) is 12.4. The molecule has 0 bridgehead atoms. The predicted octanol–water partition coefficient (Wildman–Crippen LogP) is 5.81. The molecule has 0 aliphatic heterocycles. The van der Waals surface area contributed by atoms with E-state index in [4.69, 9.17) is 34.8 Å². The summed E-state index contributed by atoms with van der Waals surface area (Å²) in [6.07, 6.45) is 2.14. The molecule has 5 heteroatoms.